The summed E-state index contributed by atoms with van der Waals surface area (Å²) in [5, 5.41) is 11.4. The molecule has 4 aromatic heterocycles. The highest BCUT2D eigenvalue weighted by atomic mass is 15.5. The van der Waals surface area contributed by atoms with E-state index >= 15 is 0 Å². The zero-order valence-electron chi connectivity index (χ0n) is 18.4. The SMILES string of the molecule is c1cnc(-c2ccc3ccc4ccc(-c5ccccc5-n5nc6ccccc6n5)nc4c3n2)nc1. The number of fused-ring (bicyclic) bond motifs is 4. The second kappa shape index (κ2) is 7.78. The topological polar surface area (TPSA) is 82.3 Å². The molecule has 7 heteroatoms. The minimum absolute atomic E-state index is 0.588. The lowest BCUT2D eigenvalue weighted by atomic mass is 10.1. The summed E-state index contributed by atoms with van der Waals surface area (Å²) in [5.41, 5.74) is 6.67. The highest BCUT2D eigenvalue weighted by molar-refractivity contribution is 6.04. The van der Waals surface area contributed by atoms with Gasteiger partial charge in [0.05, 0.1) is 22.4 Å². The summed E-state index contributed by atoms with van der Waals surface area (Å²) in [4.78, 5) is 20.4. The van der Waals surface area contributed by atoms with Gasteiger partial charge in [-0.25, -0.2) is 19.9 Å². The highest BCUT2D eigenvalue weighted by Gasteiger charge is 2.14. The Morgan fingerprint density at radius 2 is 1.09 bits per heavy atom. The minimum atomic E-state index is 0.588. The predicted octanol–water partition coefficient (Wildman–Crippen LogP) is 5.64. The van der Waals surface area contributed by atoms with Crippen LogP contribution in [0.3, 0.4) is 0 Å². The Hall–Kier alpha value is -5.04. The van der Waals surface area contributed by atoms with Crippen LogP contribution in [0, 0.1) is 0 Å². The Morgan fingerprint density at radius 3 is 1.80 bits per heavy atom. The monoisotopic (exact) mass is 451 g/mol. The number of hydrogen-bond donors (Lipinski definition) is 0. The first-order valence-corrected chi connectivity index (χ1v) is 11.2. The molecule has 0 atom stereocenters. The molecule has 0 radical (unpaired) electrons. The summed E-state index contributed by atoms with van der Waals surface area (Å²) >= 11 is 0. The van der Waals surface area contributed by atoms with Gasteiger partial charge in [-0.15, -0.1) is 15.0 Å². The number of rotatable bonds is 3. The van der Waals surface area contributed by atoms with Gasteiger partial charge in [-0.05, 0) is 36.4 Å². The van der Waals surface area contributed by atoms with Gasteiger partial charge >= 0.3 is 0 Å². The molecular formula is C28H17N7. The molecule has 0 aliphatic heterocycles. The van der Waals surface area contributed by atoms with Crippen LogP contribution < -0.4 is 0 Å². The molecule has 0 amide bonds. The zero-order chi connectivity index (χ0) is 23.2. The van der Waals surface area contributed by atoms with Crippen molar-refractivity contribution in [1.82, 2.24) is 34.9 Å². The first kappa shape index (κ1) is 19.4. The fourth-order valence-corrected chi connectivity index (χ4v) is 4.31. The van der Waals surface area contributed by atoms with Crippen molar-refractivity contribution in [2.45, 2.75) is 0 Å². The van der Waals surface area contributed by atoms with Crippen molar-refractivity contribution < 1.29 is 0 Å². The van der Waals surface area contributed by atoms with Crippen molar-refractivity contribution in [2.75, 3.05) is 0 Å². The van der Waals surface area contributed by atoms with Gasteiger partial charge in [-0.3, -0.25) is 0 Å². The van der Waals surface area contributed by atoms with Crippen LogP contribution in [0.1, 0.15) is 0 Å². The quantitative estimate of drug-likeness (QED) is 0.323. The van der Waals surface area contributed by atoms with E-state index in [9.17, 15) is 0 Å². The summed E-state index contributed by atoms with van der Waals surface area (Å²) < 4.78 is 0. The summed E-state index contributed by atoms with van der Waals surface area (Å²) in [6.07, 6.45) is 3.44. The molecule has 7 nitrogen and oxygen atoms in total. The lowest BCUT2D eigenvalue weighted by Gasteiger charge is -2.10. The molecule has 0 saturated carbocycles. The molecule has 7 aromatic rings. The average molecular weight is 451 g/mol. The van der Waals surface area contributed by atoms with E-state index in [-0.39, 0.29) is 0 Å². The third-order valence-corrected chi connectivity index (χ3v) is 6.00. The normalized spacial score (nSPS) is 11.4. The van der Waals surface area contributed by atoms with E-state index in [1.807, 2.05) is 66.7 Å². The molecule has 0 unspecified atom stereocenters. The van der Waals surface area contributed by atoms with Gasteiger partial charge in [0.2, 0.25) is 0 Å². The maximum Gasteiger partial charge on any atom is 0.178 e. The van der Waals surface area contributed by atoms with E-state index in [4.69, 9.17) is 9.97 Å². The van der Waals surface area contributed by atoms with E-state index in [2.05, 4.69) is 38.4 Å². The van der Waals surface area contributed by atoms with E-state index in [1.54, 1.807) is 23.3 Å². The Labute approximate surface area is 199 Å². The molecule has 0 spiro atoms. The van der Waals surface area contributed by atoms with Gasteiger partial charge in [0.15, 0.2) is 5.82 Å². The van der Waals surface area contributed by atoms with Crippen LogP contribution in [0.5, 0.6) is 0 Å². The lowest BCUT2D eigenvalue weighted by molar-refractivity contribution is 0.767. The average Bonchev–Trinajstić information content (AvgIpc) is 3.37. The zero-order valence-corrected chi connectivity index (χ0v) is 18.4. The molecule has 3 aromatic carbocycles. The number of aromatic nitrogens is 7. The van der Waals surface area contributed by atoms with Crippen molar-refractivity contribution in [3.8, 4) is 28.5 Å². The third-order valence-electron chi connectivity index (χ3n) is 6.00. The van der Waals surface area contributed by atoms with E-state index in [0.717, 1.165) is 49.8 Å². The Balaban J connectivity index is 1.43. The maximum atomic E-state index is 5.08. The standard InChI is InChI=1S/C28H17N7/c1-4-9-25(35-33-22-7-2-3-8-23(22)34-35)20(6-1)21-14-12-18-10-11-19-13-15-24(28-29-16-5-17-30-28)32-27(19)26(18)31-21/h1-17H. The van der Waals surface area contributed by atoms with Crippen molar-refractivity contribution in [1.29, 1.82) is 0 Å². The van der Waals surface area contributed by atoms with Gasteiger partial charge in [-0.2, -0.15) is 0 Å². The summed E-state index contributed by atoms with van der Waals surface area (Å²) in [6.45, 7) is 0. The molecule has 4 heterocycles. The Kier molecular flexibility index (Phi) is 4.32. The first-order valence-electron chi connectivity index (χ1n) is 11.2. The molecule has 0 aliphatic rings. The van der Waals surface area contributed by atoms with Crippen LogP contribution in [-0.2, 0) is 0 Å². The van der Waals surface area contributed by atoms with Gasteiger partial charge in [0.25, 0.3) is 0 Å². The summed E-state index contributed by atoms with van der Waals surface area (Å²) in [6, 6.07) is 29.9. The molecule has 164 valence electrons. The van der Waals surface area contributed by atoms with Crippen LogP contribution in [-0.4, -0.2) is 34.9 Å². The van der Waals surface area contributed by atoms with Crippen molar-refractivity contribution >= 4 is 32.8 Å². The van der Waals surface area contributed by atoms with E-state index in [0.29, 0.717) is 11.5 Å². The Bertz CT molecular complexity index is 1830. The number of pyridine rings is 2. The molecular weight excluding hydrogens is 434 g/mol. The van der Waals surface area contributed by atoms with Gasteiger partial charge < -0.3 is 0 Å². The fraction of sp³-hybridized carbons (Fsp3) is 0. The lowest BCUT2D eigenvalue weighted by Crippen LogP contribution is -2.01. The van der Waals surface area contributed by atoms with Crippen molar-refractivity contribution in [2.24, 2.45) is 0 Å². The molecule has 35 heavy (non-hydrogen) atoms. The molecule has 0 fully saturated rings. The van der Waals surface area contributed by atoms with E-state index in [1.165, 1.54) is 0 Å². The molecule has 0 bridgehead atoms. The highest BCUT2D eigenvalue weighted by Crippen LogP contribution is 2.30. The smallest absolute Gasteiger partial charge is 0.178 e. The van der Waals surface area contributed by atoms with Gasteiger partial charge in [0.1, 0.15) is 16.7 Å². The first-order chi connectivity index (χ1) is 17.3. The van der Waals surface area contributed by atoms with Crippen LogP contribution in [0.25, 0.3) is 61.3 Å². The molecule has 0 saturated heterocycles. The second-order valence-corrected chi connectivity index (χ2v) is 8.17. The number of nitrogens with zero attached hydrogens (tertiary/aromatic N) is 7. The largest absolute Gasteiger partial charge is 0.245 e. The van der Waals surface area contributed by atoms with Crippen molar-refractivity contribution in [3.05, 3.63) is 103 Å². The second-order valence-electron chi connectivity index (χ2n) is 8.17. The maximum absolute atomic E-state index is 5.08. The summed E-state index contributed by atoms with van der Waals surface area (Å²) in [7, 11) is 0. The third kappa shape index (κ3) is 3.29. The minimum Gasteiger partial charge on any atom is -0.245 e. The van der Waals surface area contributed by atoms with Crippen LogP contribution in [0.4, 0.5) is 0 Å². The van der Waals surface area contributed by atoms with Crippen LogP contribution in [0.2, 0.25) is 0 Å². The number of hydrogen-bond acceptors (Lipinski definition) is 6. The van der Waals surface area contributed by atoms with Gasteiger partial charge in [-0.1, -0.05) is 54.6 Å². The van der Waals surface area contributed by atoms with Gasteiger partial charge in [0, 0.05) is 28.7 Å². The van der Waals surface area contributed by atoms with Crippen LogP contribution >= 0.6 is 0 Å². The summed E-state index contributed by atoms with van der Waals surface area (Å²) in [5.74, 6) is 0.588. The number of benzene rings is 3. The Morgan fingerprint density at radius 1 is 0.514 bits per heavy atom. The molecule has 7 rings (SSSR count). The fourth-order valence-electron chi connectivity index (χ4n) is 4.31. The number of para-hydroxylation sites is 1. The molecule has 0 aliphatic carbocycles. The predicted molar refractivity (Wildman–Crippen MR) is 136 cm³/mol. The van der Waals surface area contributed by atoms with Crippen LogP contribution in [0.15, 0.2) is 103 Å². The molecule has 0 N–H and O–H groups in total. The van der Waals surface area contributed by atoms with Crippen molar-refractivity contribution in [3.63, 3.8) is 0 Å². The van der Waals surface area contributed by atoms with E-state index < -0.39 is 0 Å².